The smallest absolute Gasteiger partial charge is 0.322 e. The number of aliphatic carboxylic acids is 1. The number of nitrogens with zero attached hydrogens (tertiary/aromatic N) is 2. The Morgan fingerprint density at radius 2 is 2.00 bits per heavy atom. The van der Waals surface area contributed by atoms with E-state index >= 15 is 0 Å². The van der Waals surface area contributed by atoms with Gasteiger partial charge in [0.05, 0.1) is 11.7 Å². The van der Waals surface area contributed by atoms with Gasteiger partial charge >= 0.3 is 5.97 Å². The summed E-state index contributed by atoms with van der Waals surface area (Å²) in [5.74, 6) is -1.23. The standard InChI is InChI=1S/C12H15N3O4S2/c1-12(2,3)10(11(16)17)15-21(18,19)8-6-4-5-7-9(8)14-20-13-7/h4-6,10,15H,1-3H3,(H,16,17)/t10-/m1/s1. The Morgan fingerprint density at radius 3 is 2.57 bits per heavy atom. The summed E-state index contributed by atoms with van der Waals surface area (Å²) in [6.07, 6.45) is 0. The van der Waals surface area contributed by atoms with Gasteiger partial charge in [-0.3, -0.25) is 4.79 Å². The molecule has 0 aliphatic heterocycles. The summed E-state index contributed by atoms with van der Waals surface area (Å²) in [5, 5.41) is 9.24. The lowest BCUT2D eigenvalue weighted by molar-refractivity contribution is -0.141. The number of carboxylic acids is 1. The molecule has 9 heteroatoms. The van der Waals surface area contributed by atoms with Crippen molar-refractivity contribution in [2.75, 3.05) is 0 Å². The van der Waals surface area contributed by atoms with E-state index in [0.717, 1.165) is 11.7 Å². The van der Waals surface area contributed by atoms with E-state index in [9.17, 15) is 18.3 Å². The molecule has 0 aliphatic rings. The van der Waals surface area contributed by atoms with Gasteiger partial charge in [-0.1, -0.05) is 26.8 Å². The normalized spacial score (nSPS) is 14.2. The van der Waals surface area contributed by atoms with Crippen LogP contribution in [0.2, 0.25) is 0 Å². The van der Waals surface area contributed by atoms with Crippen LogP contribution in [0.1, 0.15) is 20.8 Å². The lowest BCUT2D eigenvalue weighted by Gasteiger charge is -2.27. The molecule has 0 fully saturated rings. The van der Waals surface area contributed by atoms with E-state index in [4.69, 9.17) is 0 Å². The Hall–Kier alpha value is -1.58. The molecule has 0 radical (unpaired) electrons. The van der Waals surface area contributed by atoms with E-state index in [1.165, 1.54) is 6.07 Å². The number of aromatic nitrogens is 2. The first-order chi connectivity index (χ1) is 9.63. The highest BCUT2D eigenvalue weighted by Gasteiger charge is 2.36. The van der Waals surface area contributed by atoms with Gasteiger partial charge in [0.15, 0.2) is 0 Å². The summed E-state index contributed by atoms with van der Waals surface area (Å²) in [4.78, 5) is 11.3. The summed E-state index contributed by atoms with van der Waals surface area (Å²) in [6.45, 7) is 4.96. The van der Waals surface area contributed by atoms with Crippen molar-refractivity contribution in [3.05, 3.63) is 18.2 Å². The molecular weight excluding hydrogens is 314 g/mol. The van der Waals surface area contributed by atoms with Crippen molar-refractivity contribution in [1.29, 1.82) is 0 Å². The van der Waals surface area contributed by atoms with Crippen molar-refractivity contribution < 1.29 is 18.3 Å². The predicted octanol–water partition coefficient (Wildman–Crippen LogP) is 1.47. The molecule has 1 aromatic carbocycles. The Balaban J connectivity index is 2.47. The molecule has 2 aromatic rings. The van der Waals surface area contributed by atoms with Crippen LogP contribution < -0.4 is 4.72 Å². The van der Waals surface area contributed by atoms with Crippen LogP contribution in [0, 0.1) is 5.41 Å². The maximum atomic E-state index is 12.5. The fraction of sp³-hybridized carbons (Fsp3) is 0.417. The maximum Gasteiger partial charge on any atom is 0.322 e. The van der Waals surface area contributed by atoms with Gasteiger partial charge < -0.3 is 5.11 Å². The van der Waals surface area contributed by atoms with Gasteiger partial charge in [0.25, 0.3) is 0 Å². The number of benzene rings is 1. The Morgan fingerprint density at radius 1 is 1.33 bits per heavy atom. The predicted molar refractivity (Wildman–Crippen MR) is 78.6 cm³/mol. The summed E-state index contributed by atoms with van der Waals surface area (Å²) >= 11 is 0.905. The Bertz CT molecular complexity index is 777. The highest BCUT2D eigenvalue weighted by Crippen LogP contribution is 2.25. The minimum atomic E-state index is -4.01. The molecule has 0 aliphatic carbocycles. The molecule has 0 bridgehead atoms. The SMILES string of the molecule is CC(C)(C)[C@H](NS(=O)(=O)c1cccc2nsnc12)C(=O)O. The highest BCUT2D eigenvalue weighted by molar-refractivity contribution is 7.89. The zero-order valence-corrected chi connectivity index (χ0v) is 13.3. The molecular formula is C12H15N3O4S2. The lowest BCUT2D eigenvalue weighted by Crippen LogP contribution is -2.48. The van der Waals surface area contributed by atoms with Crippen LogP contribution in [0.25, 0.3) is 11.0 Å². The van der Waals surface area contributed by atoms with Gasteiger partial charge in [-0.25, -0.2) is 8.42 Å². The zero-order chi connectivity index (χ0) is 15.8. The first-order valence-electron chi connectivity index (χ1n) is 6.09. The second-order valence-electron chi connectivity index (χ2n) is 5.65. The number of carboxylic acid groups (broad SMARTS) is 1. The van der Waals surface area contributed by atoms with Crippen LogP contribution in [-0.2, 0) is 14.8 Å². The number of rotatable bonds is 4. The van der Waals surface area contributed by atoms with Crippen LogP contribution in [0.4, 0.5) is 0 Å². The maximum absolute atomic E-state index is 12.5. The molecule has 2 rings (SSSR count). The fourth-order valence-electron chi connectivity index (χ4n) is 1.81. The minimum Gasteiger partial charge on any atom is -0.480 e. The fourth-order valence-corrected chi connectivity index (χ4v) is 3.98. The monoisotopic (exact) mass is 329 g/mol. The minimum absolute atomic E-state index is 0.0655. The van der Waals surface area contributed by atoms with Crippen LogP contribution in [0.3, 0.4) is 0 Å². The van der Waals surface area contributed by atoms with Crippen LogP contribution in [0.5, 0.6) is 0 Å². The van der Waals surface area contributed by atoms with E-state index < -0.39 is 27.4 Å². The van der Waals surface area contributed by atoms with Crippen molar-refractivity contribution >= 4 is 38.8 Å². The number of fused-ring (bicyclic) bond motifs is 1. The average molecular weight is 329 g/mol. The molecule has 21 heavy (non-hydrogen) atoms. The zero-order valence-electron chi connectivity index (χ0n) is 11.7. The third-order valence-corrected chi connectivity index (χ3v) is 4.92. The van der Waals surface area contributed by atoms with Gasteiger partial charge in [-0.2, -0.15) is 13.5 Å². The molecule has 0 amide bonds. The average Bonchev–Trinajstić information content (AvgIpc) is 2.82. The first kappa shape index (κ1) is 15.8. The quantitative estimate of drug-likeness (QED) is 0.879. The second kappa shape index (κ2) is 5.32. The summed E-state index contributed by atoms with van der Waals surface area (Å²) < 4.78 is 35.1. The molecule has 2 N–H and O–H groups in total. The first-order valence-corrected chi connectivity index (χ1v) is 8.31. The van der Waals surface area contributed by atoms with E-state index in [1.807, 2.05) is 0 Å². The molecule has 114 valence electrons. The molecule has 7 nitrogen and oxygen atoms in total. The van der Waals surface area contributed by atoms with Crippen molar-refractivity contribution in [2.24, 2.45) is 5.41 Å². The largest absolute Gasteiger partial charge is 0.480 e. The van der Waals surface area contributed by atoms with Crippen molar-refractivity contribution in [2.45, 2.75) is 31.7 Å². The van der Waals surface area contributed by atoms with Crippen LogP contribution in [0.15, 0.2) is 23.1 Å². The van der Waals surface area contributed by atoms with Crippen molar-refractivity contribution in [1.82, 2.24) is 13.5 Å². The van der Waals surface area contributed by atoms with E-state index in [0.29, 0.717) is 5.52 Å². The number of sulfonamides is 1. The van der Waals surface area contributed by atoms with Gasteiger partial charge in [-0.15, -0.1) is 0 Å². The molecule has 1 heterocycles. The van der Waals surface area contributed by atoms with Gasteiger partial charge in [0.1, 0.15) is 22.0 Å². The van der Waals surface area contributed by atoms with Gasteiger partial charge in [0.2, 0.25) is 10.0 Å². The van der Waals surface area contributed by atoms with E-state index in [2.05, 4.69) is 13.5 Å². The summed E-state index contributed by atoms with van der Waals surface area (Å²) in [5.41, 5.74) is -0.0637. The van der Waals surface area contributed by atoms with Crippen molar-refractivity contribution in [3.8, 4) is 0 Å². The number of hydrogen-bond acceptors (Lipinski definition) is 6. The molecule has 0 unspecified atom stereocenters. The van der Waals surface area contributed by atoms with E-state index in [-0.39, 0.29) is 10.4 Å². The molecule has 1 atom stereocenters. The van der Waals surface area contributed by atoms with Gasteiger partial charge in [-0.05, 0) is 17.5 Å². The molecule has 0 spiro atoms. The third-order valence-electron chi connectivity index (χ3n) is 2.92. The van der Waals surface area contributed by atoms with Gasteiger partial charge in [0, 0.05) is 0 Å². The van der Waals surface area contributed by atoms with Crippen LogP contribution >= 0.6 is 11.7 Å². The second-order valence-corrected chi connectivity index (χ2v) is 7.86. The third kappa shape index (κ3) is 3.20. The van der Waals surface area contributed by atoms with Crippen molar-refractivity contribution in [3.63, 3.8) is 0 Å². The Labute approximate surface area is 126 Å². The lowest BCUT2D eigenvalue weighted by atomic mass is 9.88. The van der Waals surface area contributed by atoms with Crippen LogP contribution in [-0.4, -0.2) is 34.3 Å². The highest BCUT2D eigenvalue weighted by atomic mass is 32.2. The summed E-state index contributed by atoms with van der Waals surface area (Å²) in [7, 11) is -4.01. The topological polar surface area (TPSA) is 109 Å². The number of nitrogens with one attached hydrogen (secondary N) is 1. The molecule has 1 aromatic heterocycles. The Kier molecular flexibility index (Phi) is 4.00. The number of hydrogen-bond donors (Lipinski definition) is 2. The molecule has 0 saturated carbocycles. The number of carbonyl (C=O) groups is 1. The summed E-state index contributed by atoms with van der Waals surface area (Å²) in [6, 6.07) is 3.33. The molecule has 0 saturated heterocycles. The van der Waals surface area contributed by atoms with E-state index in [1.54, 1.807) is 32.9 Å².